The predicted octanol–water partition coefficient (Wildman–Crippen LogP) is 4.62. The lowest BCUT2D eigenvalue weighted by Crippen LogP contribution is -2.34. The second-order valence-corrected chi connectivity index (χ2v) is 5.61. The van der Waals surface area contributed by atoms with E-state index in [2.05, 4.69) is 47.8 Å². The zero-order valence-corrected chi connectivity index (χ0v) is 12.8. The van der Waals surface area contributed by atoms with E-state index < -0.39 is 0 Å². The SMILES string of the molecule is Cl.Clc1cccc([C@@H]2CNCC[C@@H]2c2ccccc2)c1. The molecule has 0 bridgehead atoms. The second-order valence-electron chi connectivity index (χ2n) is 5.17. The number of hydrogen-bond donors (Lipinski definition) is 1. The summed E-state index contributed by atoms with van der Waals surface area (Å²) in [5.74, 6) is 1.09. The minimum atomic E-state index is 0. The maximum atomic E-state index is 6.14. The van der Waals surface area contributed by atoms with E-state index in [1.807, 2.05) is 12.1 Å². The third-order valence-electron chi connectivity index (χ3n) is 3.99. The van der Waals surface area contributed by atoms with Crippen molar-refractivity contribution in [3.8, 4) is 0 Å². The lowest BCUT2D eigenvalue weighted by Gasteiger charge is -2.33. The van der Waals surface area contributed by atoms with Gasteiger partial charge in [0.1, 0.15) is 0 Å². The quantitative estimate of drug-likeness (QED) is 0.853. The van der Waals surface area contributed by atoms with Gasteiger partial charge in [0.2, 0.25) is 0 Å². The van der Waals surface area contributed by atoms with E-state index >= 15 is 0 Å². The largest absolute Gasteiger partial charge is 0.316 e. The van der Waals surface area contributed by atoms with Gasteiger partial charge in [0.05, 0.1) is 0 Å². The predicted molar refractivity (Wildman–Crippen MR) is 88.1 cm³/mol. The summed E-state index contributed by atoms with van der Waals surface area (Å²) in [5, 5.41) is 4.34. The van der Waals surface area contributed by atoms with Crippen molar-refractivity contribution >= 4 is 24.0 Å². The summed E-state index contributed by atoms with van der Waals surface area (Å²) in [4.78, 5) is 0. The van der Waals surface area contributed by atoms with Crippen molar-refractivity contribution in [2.24, 2.45) is 0 Å². The van der Waals surface area contributed by atoms with Gasteiger partial charge in [-0.15, -0.1) is 12.4 Å². The molecule has 3 heteroatoms. The van der Waals surface area contributed by atoms with E-state index in [1.54, 1.807) is 0 Å². The minimum Gasteiger partial charge on any atom is -0.316 e. The zero-order valence-electron chi connectivity index (χ0n) is 11.3. The van der Waals surface area contributed by atoms with Crippen LogP contribution in [0.1, 0.15) is 29.4 Å². The van der Waals surface area contributed by atoms with Crippen LogP contribution in [0.2, 0.25) is 5.02 Å². The fourth-order valence-corrected chi connectivity index (χ4v) is 3.24. The first-order chi connectivity index (χ1) is 9.34. The molecule has 0 radical (unpaired) electrons. The van der Waals surface area contributed by atoms with Gasteiger partial charge in [-0.25, -0.2) is 0 Å². The molecule has 0 aliphatic carbocycles. The number of hydrogen-bond acceptors (Lipinski definition) is 1. The fraction of sp³-hybridized carbons (Fsp3) is 0.294. The Morgan fingerprint density at radius 3 is 2.40 bits per heavy atom. The van der Waals surface area contributed by atoms with Crippen LogP contribution in [0, 0.1) is 0 Å². The molecule has 20 heavy (non-hydrogen) atoms. The van der Waals surface area contributed by atoms with Crippen molar-refractivity contribution in [3.63, 3.8) is 0 Å². The number of nitrogens with one attached hydrogen (secondary N) is 1. The molecule has 1 fully saturated rings. The van der Waals surface area contributed by atoms with Crippen LogP contribution in [0.3, 0.4) is 0 Å². The Kier molecular flexibility index (Phi) is 5.47. The molecule has 1 saturated heterocycles. The lowest BCUT2D eigenvalue weighted by atomic mass is 9.77. The highest BCUT2D eigenvalue weighted by molar-refractivity contribution is 6.30. The number of rotatable bonds is 2. The molecule has 0 amide bonds. The smallest absolute Gasteiger partial charge is 0.0408 e. The van der Waals surface area contributed by atoms with Gasteiger partial charge in [-0.1, -0.05) is 54.1 Å². The Balaban J connectivity index is 0.00000147. The summed E-state index contributed by atoms with van der Waals surface area (Å²) in [7, 11) is 0. The molecule has 1 aliphatic rings. The molecule has 1 aliphatic heterocycles. The molecular weight excluding hydrogens is 289 g/mol. The van der Waals surface area contributed by atoms with E-state index in [9.17, 15) is 0 Å². The van der Waals surface area contributed by atoms with Gasteiger partial charge >= 0.3 is 0 Å². The average Bonchev–Trinajstić information content (AvgIpc) is 2.48. The van der Waals surface area contributed by atoms with E-state index in [0.29, 0.717) is 11.8 Å². The highest BCUT2D eigenvalue weighted by atomic mass is 35.5. The molecule has 2 atom stereocenters. The average molecular weight is 308 g/mol. The van der Waals surface area contributed by atoms with Gasteiger partial charge < -0.3 is 5.32 Å². The zero-order chi connectivity index (χ0) is 13.1. The first-order valence-electron chi connectivity index (χ1n) is 6.86. The first-order valence-corrected chi connectivity index (χ1v) is 7.23. The van der Waals surface area contributed by atoms with Crippen molar-refractivity contribution in [3.05, 3.63) is 70.7 Å². The van der Waals surface area contributed by atoms with E-state index in [-0.39, 0.29) is 12.4 Å². The first kappa shape index (κ1) is 15.4. The maximum Gasteiger partial charge on any atom is 0.0408 e. The van der Waals surface area contributed by atoms with Gasteiger partial charge in [-0.2, -0.15) is 0 Å². The number of piperidine rings is 1. The molecule has 106 valence electrons. The summed E-state index contributed by atoms with van der Waals surface area (Å²) >= 11 is 6.14. The Morgan fingerprint density at radius 1 is 0.900 bits per heavy atom. The topological polar surface area (TPSA) is 12.0 Å². The summed E-state index contributed by atoms with van der Waals surface area (Å²) in [5.41, 5.74) is 2.78. The minimum absolute atomic E-state index is 0. The van der Waals surface area contributed by atoms with Crippen molar-refractivity contribution in [2.45, 2.75) is 18.3 Å². The molecule has 2 aromatic rings. The summed E-state index contributed by atoms with van der Waals surface area (Å²) < 4.78 is 0. The Hall–Kier alpha value is -1.02. The molecule has 0 spiro atoms. The summed E-state index contributed by atoms with van der Waals surface area (Å²) in [6.07, 6.45) is 1.18. The molecule has 1 heterocycles. The molecule has 0 saturated carbocycles. The van der Waals surface area contributed by atoms with Crippen molar-refractivity contribution < 1.29 is 0 Å². The molecule has 0 unspecified atom stereocenters. The van der Waals surface area contributed by atoms with Crippen molar-refractivity contribution in [2.75, 3.05) is 13.1 Å². The molecule has 3 rings (SSSR count). The Labute approximate surface area is 131 Å². The fourth-order valence-electron chi connectivity index (χ4n) is 3.05. The molecule has 0 aromatic heterocycles. The van der Waals surface area contributed by atoms with Crippen LogP contribution in [0.15, 0.2) is 54.6 Å². The molecule has 2 aromatic carbocycles. The normalized spacial score (nSPS) is 22.1. The summed E-state index contributed by atoms with van der Waals surface area (Å²) in [6, 6.07) is 19.1. The van der Waals surface area contributed by atoms with Crippen LogP contribution < -0.4 is 5.32 Å². The van der Waals surface area contributed by atoms with Crippen LogP contribution in [0.5, 0.6) is 0 Å². The van der Waals surface area contributed by atoms with Crippen LogP contribution in [0.4, 0.5) is 0 Å². The second kappa shape index (κ2) is 7.12. The van der Waals surface area contributed by atoms with E-state index in [0.717, 1.165) is 18.1 Å². The van der Waals surface area contributed by atoms with Crippen LogP contribution >= 0.6 is 24.0 Å². The molecule has 1 N–H and O–H groups in total. The van der Waals surface area contributed by atoms with Gasteiger partial charge in [-0.05, 0) is 42.1 Å². The van der Waals surface area contributed by atoms with Crippen molar-refractivity contribution in [1.82, 2.24) is 5.32 Å². The van der Waals surface area contributed by atoms with Gasteiger partial charge in [-0.3, -0.25) is 0 Å². The Bertz CT molecular complexity index is 542. The van der Waals surface area contributed by atoms with Crippen LogP contribution in [0.25, 0.3) is 0 Å². The van der Waals surface area contributed by atoms with E-state index in [1.165, 1.54) is 17.5 Å². The highest BCUT2D eigenvalue weighted by Gasteiger charge is 2.27. The molecule has 1 nitrogen and oxygen atoms in total. The highest BCUT2D eigenvalue weighted by Crippen LogP contribution is 2.37. The van der Waals surface area contributed by atoms with E-state index in [4.69, 9.17) is 11.6 Å². The Morgan fingerprint density at radius 2 is 1.65 bits per heavy atom. The number of halogens is 2. The molecular formula is C17H19Cl2N. The van der Waals surface area contributed by atoms with Crippen molar-refractivity contribution in [1.29, 1.82) is 0 Å². The summed E-state index contributed by atoms with van der Waals surface area (Å²) in [6.45, 7) is 2.12. The maximum absolute atomic E-state index is 6.14. The van der Waals surface area contributed by atoms with Gasteiger partial charge in [0.25, 0.3) is 0 Å². The lowest BCUT2D eigenvalue weighted by molar-refractivity contribution is 0.404. The van der Waals surface area contributed by atoms with Crippen LogP contribution in [-0.2, 0) is 0 Å². The van der Waals surface area contributed by atoms with Gasteiger partial charge in [0, 0.05) is 17.5 Å². The third kappa shape index (κ3) is 3.35. The van der Waals surface area contributed by atoms with Gasteiger partial charge in [0.15, 0.2) is 0 Å². The standard InChI is InChI=1S/C17H18ClN.ClH/c18-15-8-4-7-14(11-15)17-12-19-10-9-16(17)13-5-2-1-3-6-13;/h1-8,11,16-17,19H,9-10,12H2;1H/t16-,17+;/m1./s1. The third-order valence-corrected chi connectivity index (χ3v) is 4.22. The number of benzene rings is 2. The monoisotopic (exact) mass is 307 g/mol. The van der Waals surface area contributed by atoms with Crippen LogP contribution in [-0.4, -0.2) is 13.1 Å².